The molecule has 0 spiro atoms. The maximum Gasteiger partial charge on any atom is 0.203 e. The maximum absolute atomic E-state index is 13.5. The summed E-state index contributed by atoms with van der Waals surface area (Å²) in [6.45, 7) is 7.06. The molecule has 0 saturated carbocycles. The van der Waals surface area contributed by atoms with Crippen molar-refractivity contribution in [1.82, 2.24) is 4.90 Å². The third-order valence-electron chi connectivity index (χ3n) is 7.75. The highest BCUT2D eigenvalue weighted by Gasteiger charge is 2.33. The van der Waals surface area contributed by atoms with Crippen LogP contribution in [0.25, 0.3) is 0 Å². The monoisotopic (exact) mass is 619 g/mol. The van der Waals surface area contributed by atoms with Gasteiger partial charge in [0.25, 0.3) is 0 Å². The second-order valence-electron chi connectivity index (χ2n) is 11.1. The van der Waals surface area contributed by atoms with Gasteiger partial charge in [-0.25, -0.2) is 8.42 Å². The normalized spacial score (nSPS) is 18.9. The van der Waals surface area contributed by atoms with Gasteiger partial charge in [0.15, 0.2) is 32.8 Å². The van der Waals surface area contributed by atoms with Gasteiger partial charge < -0.3 is 33.3 Å². The number of nitrogens with zero attached hydrogens (tertiary/aromatic N) is 1. The third-order valence-corrected chi connectivity index (χ3v) is 9.51. The molecule has 0 bridgehead atoms. The minimum absolute atomic E-state index is 0.0389. The van der Waals surface area contributed by atoms with Crippen LogP contribution >= 0.6 is 0 Å². The van der Waals surface area contributed by atoms with Crippen molar-refractivity contribution in [2.24, 2.45) is 0 Å². The summed E-state index contributed by atoms with van der Waals surface area (Å²) in [6, 6.07) is 7.15. The summed E-state index contributed by atoms with van der Waals surface area (Å²) >= 11 is 0. The molecule has 2 saturated heterocycles. The van der Waals surface area contributed by atoms with Gasteiger partial charge in [-0.1, -0.05) is 6.92 Å². The van der Waals surface area contributed by atoms with Crippen LogP contribution < -0.4 is 23.7 Å². The van der Waals surface area contributed by atoms with E-state index in [2.05, 4.69) is 4.90 Å². The Morgan fingerprint density at radius 3 is 2.02 bits per heavy atom. The molecule has 2 aromatic rings. The summed E-state index contributed by atoms with van der Waals surface area (Å²) in [5, 5.41) is 0. The predicted octanol–water partition coefficient (Wildman–Crippen LogP) is 5.32. The number of likely N-dealkylation sites (tertiary alicyclic amines) is 1. The fourth-order valence-electron chi connectivity index (χ4n) is 5.70. The molecule has 2 fully saturated rings. The molecule has 2 heterocycles. The summed E-state index contributed by atoms with van der Waals surface area (Å²) in [5.41, 5.74) is 1.53. The first-order valence-corrected chi connectivity index (χ1v) is 16.7. The van der Waals surface area contributed by atoms with Gasteiger partial charge in [-0.3, -0.25) is 4.79 Å². The number of Topliss-reactive ketones (excluding diaryl/α,β-unsaturated/α-hetero) is 1. The first kappa shape index (κ1) is 32.9. The molecule has 0 radical (unpaired) electrons. The number of hydrogen-bond donors (Lipinski definition) is 0. The van der Waals surface area contributed by atoms with Gasteiger partial charge in [-0.05, 0) is 93.9 Å². The van der Waals surface area contributed by atoms with Crippen molar-refractivity contribution >= 4 is 15.6 Å². The molecule has 2 aliphatic heterocycles. The lowest BCUT2D eigenvalue weighted by atomic mass is 10.0. The van der Waals surface area contributed by atoms with E-state index in [1.807, 2.05) is 25.1 Å². The largest absolute Gasteiger partial charge is 0.493 e. The van der Waals surface area contributed by atoms with Crippen molar-refractivity contribution in [3.05, 3.63) is 35.4 Å². The van der Waals surface area contributed by atoms with E-state index >= 15 is 0 Å². The van der Waals surface area contributed by atoms with Gasteiger partial charge in [0.2, 0.25) is 5.75 Å². The summed E-state index contributed by atoms with van der Waals surface area (Å²) in [4.78, 5) is 14.3. The number of sulfone groups is 1. The second-order valence-corrected chi connectivity index (χ2v) is 13.0. The zero-order valence-electron chi connectivity index (χ0n) is 26.0. The Labute approximate surface area is 255 Å². The fraction of sp³-hybridized carbons (Fsp3) is 0.594. The summed E-state index contributed by atoms with van der Waals surface area (Å²) < 4.78 is 62.2. The van der Waals surface area contributed by atoms with Crippen LogP contribution in [0, 0.1) is 0 Å². The Hall–Kier alpha value is -3.02. The first-order chi connectivity index (χ1) is 20.7. The molecule has 2 atom stereocenters. The van der Waals surface area contributed by atoms with Crippen molar-refractivity contribution in [2.45, 2.75) is 69.5 Å². The van der Waals surface area contributed by atoms with E-state index < -0.39 is 27.5 Å². The molecular weight excluding hydrogens is 574 g/mol. The molecule has 43 heavy (non-hydrogen) atoms. The predicted molar refractivity (Wildman–Crippen MR) is 163 cm³/mol. The van der Waals surface area contributed by atoms with E-state index in [0.717, 1.165) is 31.6 Å². The molecule has 11 heteroatoms. The van der Waals surface area contributed by atoms with Crippen molar-refractivity contribution in [2.75, 3.05) is 59.9 Å². The van der Waals surface area contributed by atoms with Crippen LogP contribution in [0.1, 0.15) is 75.7 Å². The lowest BCUT2D eigenvalue weighted by Gasteiger charge is -2.21. The Kier molecular flexibility index (Phi) is 11.6. The average molecular weight is 620 g/mol. The van der Waals surface area contributed by atoms with Gasteiger partial charge in [0, 0.05) is 6.54 Å². The van der Waals surface area contributed by atoms with E-state index in [0.29, 0.717) is 61.0 Å². The molecule has 2 aromatic carbocycles. The molecule has 0 N–H and O–H groups in total. The van der Waals surface area contributed by atoms with Gasteiger partial charge in [0.1, 0.15) is 16.4 Å². The molecule has 0 aromatic heterocycles. The molecule has 2 unspecified atom stereocenters. The Bertz CT molecular complexity index is 1330. The number of benzene rings is 2. The third kappa shape index (κ3) is 8.13. The van der Waals surface area contributed by atoms with E-state index in [4.69, 9.17) is 28.4 Å². The van der Waals surface area contributed by atoms with Crippen LogP contribution in [-0.4, -0.2) is 79.0 Å². The minimum Gasteiger partial charge on any atom is -0.493 e. The number of carbonyl (C=O) groups excluding carboxylic acids is 1. The molecule has 4 rings (SSSR count). The van der Waals surface area contributed by atoms with Gasteiger partial charge in [0.05, 0.1) is 46.8 Å². The maximum atomic E-state index is 13.5. The van der Waals surface area contributed by atoms with Crippen molar-refractivity contribution in [3.8, 4) is 28.7 Å². The number of methoxy groups -OCH3 is 3. The van der Waals surface area contributed by atoms with Crippen LogP contribution in [0.3, 0.4) is 0 Å². The minimum atomic E-state index is -4.00. The van der Waals surface area contributed by atoms with E-state index in [1.165, 1.54) is 19.8 Å². The highest BCUT2D eigenvalue weighted by molar-refractivity contribution is 7.92. The molecule has 238 valence electrons. The van der Waals surface area contributed by atoms with Crippen LogP contribution in [0.15, 0.2) is 29.2 Å². The molecule has 0 amide bonds. The molecule has 10 nitrogen and oxygen atoms in total. The Balaban J connectivity index is 1.66. The number of ether oxygens (including phenoxy) is 6. The lowest BCUT2D eigenvalue weighted by Crippen LogP contribution is -2.22. The summed E-state index contributed by atoms with van der Waals surface area (Å²) in [5.74, 6) is 1.01. The second kappa shape index (κ2) is 15.1. The fourth-order valence-corrected chi connectivity index (χ4v) is 7.15. The van der Waals surface area contributed by atoms with Crippen molar-refractivity contribution in [1.29, 1.82) is 0 Å². The standard InChI is InChI=1S/C32H45NO9S/c1-6-15-41-32-29(40-16-9-14-33-12-7-8-13-33)19-24(20-30(32)43(35,36)21-22(2)34)26-11-10-25(42-26)23-17-27(37-3)31(39-5)28(18-23)38-4/h17-20,25-26H,6-16,21H2,1-5H3. The van der Waals surface area contributed by atoms with E-state index in [1.54, 1.807) is 27.4 Å². The smallest absolute Gasteiger partial charge is 0.203 e. The van der Waals surface area contributed by atoms with E-state index in [-0.39, 0.29) is 16.7 Å². The molecule has 2 aliphatic rings. The zero-order valence-corrected chi connectivity index (χ0v) is 26.8. The first-order valence-electron chi connectivity index (χ1n) is 15.0. The van der Waals surface area contributed by atoms with Crippen LogP contribution in [0.5, 0.6) is 28.7 Å². The molecule has 0 aliphatic carbocycles. The summed E-state index contributed by atoms with van der Waals surface area (Å²) in [6.07, 6.45) is 4.58. The van der Waals surface area contributed by atoms with Crippen LogP contribution in [0.4, 0.5) is 0 Å². The topological polar surface area (TPSA) is 110 Å². The number of carbonyl (C=O) groups is 1. The van der Waals surface area contributed by atoms with Gasteiger partial charge in [-0.15, -0.1) is 0 Å². The summed E-state index contributed by atoms with van der Waals surface area (Å²) in [7, 11) is 0.693. The SMILES string of the molecule is CCCOc1c(OCCCN2CCCC2)cc(C2CCC(c3cc(OC)c(OC)c(OC)c3)O2)cc1S(=O)(=O)CC(C)=O. The highest BCUT2D eigenvalue weighted by Crippen LogP contribution is 2.48. The number of ketones is 1. The van der Waals surface area contributed by atoms with Crippen molar-refractivity contribution < 1.29 is 41.6 Å². The molecular formula is C32H45NO9S. The average Bonchev–Trinajstić information content (AvgIpc) is 3.70. The number of hydrogen-bond acceptors (Lipinski definition) is 10. The quantitative estimate of drug-likeness (QED) is 0.229. The van der Waals surface area contributed by atoms with Crippen molar-refractivity contribution in [3.63, 3.8) is 0 Å². The van der Waals surface area contributed by atoms with Crippen LogP contribution in [-0.2, 0) is 19.4 Å². The van der Waals surface area contributed by atoms with Gasteiger partial charge in [-0.2, -0.15) is 0 Å². The van der Waals surface area contributed by atoms with Crippen LogP contribution in [0.2, 0.25) is 0 Å². The lowest BCUT2D eigenvalue weighted by molar-refractivity contribution is -0.114. The Morgan fingerprint density at radius 2 is 1.47 bits per heavy atom. The highest BCUT2D eigenvalue weighted by atomic mass is 32.2. The number of rotatable bonds is 16. The van der Waals surface area contributed by atoms with E-state index in [9.17, 15) is 13.2 Å². The van der Waals surface area contributed by atoms with Gasteiger partial charge >= 0.3 is 0 Å². The zero-order chi connectivity index (χ0) is 31.0. The Morgan fingerprint density at radius 1 is 0.860 bits per heavy atom.